The van der Waals surface area contributed by atoms with Crippen LogP contribution >= 0.6 is 0 Å². The number of likely N-dealkylation sites (tertiary alicyclic amines) is 1. The van der Waals surface area contributed by atoms with E-state index in [9.17, 15) is 19.2 Å². The van der Waals surface area contributed by atoms with E-state index in [4.69, 9.17) is 4.74 Å². The molecule has 1 fully saturated rings. The molecule has 1 rings (SSSR count). The van der Waals surface area contributed by atoms with Gasteiger partial charge in [-0.05, 0) is 47.5 Å². The number of hydrazine groups is 1. The normalized spacial score (nSPS) is 15.5. The molecule has 9 nitrogen and oxygen atoms in total. The van der Waals surface area contributed by atoms with Gasteiger partial charge in [-0.25, -0.2) is 4.79 Å². The van der Waals surface area contributed by atoms with Crippen LogP contribution in [0.15, 0.2) is 0 Å². The van der Waals surface area contributed by atoms with Gasteiger partial charge in [-0.2, -0.15) is 0 Å². The van der Waals surface area contributed by atoms with Gasteiger partial charge in [-0.3, -0.25) is 25.2 Å². The summed E-state index contributed by atoms with van der Waals surface area (Å²) in [6.45, 7) is 9.63. The number of hydrogen-bond donors (Lipinski definition) is 3. The Bertz CT molecular complexity index is 519. The number of amides is 4. The lowest BCUT2D eigenvalue weighted by atomic mass is 9.96. The van der Waals surface area contributed by atoms with Crippen molar-refractivity contribution >= 4 is 23.8 Å². The predicted molar refractivity (Wildman–Crippen MR) is 90.1 cm³/mol. The lowest BCUT2D eigenvalue weighted by Gasteiger charge is -2.32. The van der Waals surface area contributed by atoms with Crippen LogP contribution in [-0.2, 0) is 19.1 Å². The van der Waals surface area contributed by atoms with Gasteiger partial charge in [0.05, 0.1) is 0 Å². The van der Waals surface area contributed by atoms with E-state index in [0.717, 1.165) is 0 Å². The van der Waals surface area contributed by atoms with Crippen molar-refractivity contribution in [3.63, 3.8) is 0 Å². The molecule has 3 N–H and O–H groups in total. The van der Waals surface area contributed by atoms with Crippen LogP contribution in [-0.4, -0.2) is 53.4 Å². The van der Waals surface area contributed by atoms with Gasteiger partial charge in [-0.1, -0.05) is 0 Å². The third-order valence-corrected chi connectivity index (χ3v) is 3.44. The summed E-state index contributed by atoms with van der Waals surface area (Å²) in [4.78, 5) is 48.6. The fourth-order valence-electron chi connectivity index (χ4n) is 2.26. The molecule has 0 aromatic heterocycles. The molecule has 0 aliphatic carbocycles. The molecule has 0 saturated carbocycles. The Morgan fingerprint density at radius 3 is 2.04 bits per heavy atom. The summed E-state index contributed by atoms with van der Waals surface area (Å²) in [7, 11) is 0. The standard InChI is InChI=1S/C16H28N4O5/c1-10(2)17-13(22)14(23)19-18-12(21)11-6-8-20(9-7-11)15(24)25-16(3,4)5/h10-11H,6-9H2,1-5H3,(H,17,22)(H,18,21)(H,19,23). The maximum absolute atomic E-state index is 12.1. The van der Waals surface area contributed by atoms with E-state index in [2.05, 4.69) is 16.2 Å². The lowest BCUT2D eigenvalue weighted by Crippen LogP contribution is -2.52. The van der Waals surface area contributed by atoms with Crippen molar-refractivity contribution in [1.29, 1.82) is 0 Å². The van der Waals surface area contributed by atoms with Crippen molar-refractivity contribution in [1.82, 2.24) is 21.1 Å². The van der Waals surface area contributed by atoms with E-state index in [1.807, 2.05) is 0 Å². The number of rotatable bonds is 2. The first-order valence-electron chi connectivity index (χ1n) is 8.38. The van der Waals surface area contributed by atoms with Gasteiger partial charge >= 0.3 is 17.9 Å². The highest BCUT2D eigenvalue weighted by atomic mass is 16.6. The average Bonchev–Trinajstić information content (AvgIpc) is 2.50. The van der Waals surface area contributed by atoms with Crippen molar-refractivity contribution in [2.24, 2.45) is 5.92 Å². The Kier molecular flexibility index (Phi) is 7.20. The summed E-state index contributed by atoms with van der Waals surface area (Å²) in [5, 5.41) is 2.42. The maximum atomic E-state index is 12.1. The van der Waals surface area contributed by atoms with Crippen molar-refractivity contribution in [3.05, 3.63) is 0 Å². The first-order valence-corrected chi connectivity index (χ1v) is 8.38. The number of piperidine rings is 1. The molecule has 142 valence electrons. The van der Waals surface area contributed by atoms with Crippen LogP contribution in [0.25, 0.3) is 0 Å². The van der Waals surface area contributed by atoms with E-state index in [1.165, 1.54) is 0 Å². The fraction of sp³-hybridized carbons (Fsp3) is 0.750. The van der Waals surface area contributed by atoms with Crippen molar-refractivity contribution in [3.8, 4) is 0 Å². The molecule has 0 aromatic carbocycles. The molecule has 1 heterocycles. The van der Waals surface area contributed by atoms with E-state index >= 15 is 0 Å². The summed E-state index contributed by atoms with van der Waals surface area (Å²) >= 11 is 0. The third kappa shape index (κ3) is 7.40. The Hall–Kier alpha value is -2.32. The Labute approximate surface area is 147 Å². The molecule has 0 unspecified atom stereocenters. The lowest BCUT2D eigenvalue weighted by molar-refractivity contribution is -0.141. The second kappa shape index (κ2) is 8.68. The van der Waals surface area contributed by atoms with E-state index in [1.54, 1.807) is 39.5 Å². The smallest absolute Gasteiger partial charge is 0.410 e. The quantitative estimate of drug-likeness (QED) is 0.486. The third-order valence-electron chi connectivity index (χ3n) is 3.44. The molecule has 0 bridgehead atoms. The van der Waals surface area contributed by atoms with Gasteiger partial charge < -0.3 is 15.0 Å². The molecule has 4 amide bonds. The van der Waals surface area contributed by atoms with Gasteiger partial charge in [-0.15, -0.1) is 0 Å². The average molecular weight is 356 g/mol. The molecule has 0 spiro atoms. The Morgan fingerprint density at radius 1 is 1.00 bits per heavy atom. The molecule has 9 heteroatoms. The van der Waals surface area contributed by atoms with Crippen LogP contribution in [0.2, 0.25) is 0 Å². The number of ether oxygens (including phenoxy) is 1. The van der Waals surface area contributed by atoms with Crippen LogP contribution in [0, 0.1) is 5.92 Å². The molecule has 1 aliphatic heterocycles. The highest BCUT2D eigenvalue weighted by Gasteiger charge is 2.30. The highest BCUT2D eigenvalue weighted by molar-refractivity contribution is 6.35. The monoisotopic (exact) mass is 356 g/mol. The maximum Gasteiger partial charge on any atom is 0.410 e. The van der Waals surface area contributed by atoms with Crippen molar-refractivity contribution < 1.29 is 23.9 Å². The largest absolute Gasteiger partial charge is 0.444 e. The van der Waals surface area contributed by atoms with Crippen LogP contribution in [0.1, 0.15) is 47.5 Å². The van der Waals surface area contributed by atoms with Crippen LogP contribution in [0.3, 0.4) is 0 Å². The van der Waals surface area contributed by atoms with E-state index < -0.39 is 23.5 Å². The molecular weight excluding hydrogens is 328 g/mol. The van der Waals surface area contributed by atoms with Gasteiger partial charge in [0.25, 0.3) is 0 Å². The first kappa shape index (κ1) is 20.7. The zero-order valence-electron chi connectivity index (χ0n) is 15.5. The molecule has 0 radical (unpaired) electrons. The van der Waals surface area contributed by atoms with Gasteiger partial charge in [0.15, 0.2) is 0 Å². The molecule has 0 atom stereocenters. The second-order valence-corrected chi connectivity index (χ2v) is 7.31. The topological polar surface area (TPSA) is 117 Å². The van der Waals surface area contributed by atoms with Gasteiger partial charge in [0.2, 0.25) is 5.91 Å². The van der Waals surface area contributed by atoms with Gasteiger partial charge in [0, 0.05) is 25.0 Å². The van der Waals surface area contributed by atoms with E-state index in [-0.39, 0.29) is 17.9 Å². The molecular formula is C16H28N4O5. The SMILES string of the molecule is CC(C)NC(=O)C(=O)NNC(=O)C1CCN(C(=O)OC(C)(C)C)CC1. The zero-order chi connectivity index (χ0) is 19.2. The predicted octanol–water partition coefficient (Wildman–Crippen LogP) is 0.305. The van der Waals surface area contributed by atoms with Crippen molar-refractivity contribution in [2.75, 3.05) is 13.1 Å². The fourth-order valence-corrected chi connectivity index (χ4v) is 2.26. The van der Waals surface area contributed by atoms with Crippen LogP contribution in [0.5, 0.6) is 0 Å². The van der Waals surface area contributed by atoms with Gasteiger partial charge in [0.1, 0.15) is 5.60 Å². The molecule has 1 saturated heterocycles. The second-order valence-electron chi connectivity index (χ2n) is 7.31. The Balaban J connectivity index is 2.37. The summed E-state index contributed by atoms with van der Waals surface area (Å²) < 4.78 is 5.29. The minimum atomic E-state index is -0.923. The number of nitrogens with zero attached hydrogens (tertiary/aromatic N) is 1. The van der Waals surface area contributed by atoms with Crippen molar-refractivity contribution in [2.45, 2.75) is 59.1 Å². The Morgan fingerprint density at radius 2 is 1.56 bits per heavy atom. The number of carbonyl (C=O) groups excluding carboxylic acids is 4. The summed E-state index contributed by atoms with van der Waals surface area (Å²) in [5.74, 6) is -2.45. The minimum Gasteiger partial charge on any atom is -0.444 e. The summed E-state index contributed by atoms with van der Waals surface area (Å²) in [6.07, 6.45) is 0.517. The minimum absolute atomic E-state index is 0.175. The summed E-state index contributed by atoms with van der Waals surface area (Å²) in [5.41, 5.74) is 3.79. The highest BCUT2D eigenvalue weighted by Crippen LogP contribution is 2.19. The number of carbonyl (C=O) groups is 4. The van der Waals surface area contributed by atoms with Crippen LogP contribution < -0.4 is 16.2 Å². The number of nitrogens with one attached hydrogen (secondary N) is 3. The summed E-state index contributed by atoms with van der Waals surface area (Å²) in [6, 6.07) is -0.175. The molecule has 0 aromatic rings. The van der Waals surface area contributed by atoms with E-state index in [0.29, 0.717) is 25.9 Å². The number of hydrogen-bond acceptors (Lipinski definition) is 5. The molecule has 1 aliphatic rings. The molecule has 25 heavy (non-hydrogen) atoms. The van der Waals surface area contributed by atoms with Crippen LogP contribution in [0.4, 0.5) is 4.79 Å². The zero-order valence-corrected chi connectivity index (χ0v) is 15.5. The first-order chi connectivity index (χ1) is 11.5.